The second kappa shape index (κ2) is 3.71. The molecule has 6 heteroatoms. The summed E-state index contributed by atoms with van der Waals surface area (Å²) >= 11 is 0. The molecule has 0 radical (unpaired) electrons. The maximum absolute atomic E-state index is 11.2. The molecule has 2 rings (SSSR count). The van der Waals surface area contributed by atoms with Gasteiger partial charge in [-0.1, -0.05) is 0 Å². The number of aromatic carboxylic acids is 1. The van der Waals surface area contributed by atoms with Crippen LogP contribution in [-0.2, 0) is 11.2 Å². The molecule has 2 unspecified atom stereocenters. The maximum atomic E-state index is 11.2. The molecule has 2 atom stereocenters. The minimum absolute atomic E-state index is 0.0396. The topological polar surface area (TPSA) is 92.3 Å². The number of hydrogen-bond donors (Lipinski definition) is 2. The van der Waals surface area contributed by atoms with Crippen LogP contribution in [0.4, 0.5) is 0 Å². The Morgan fingerprint density at radius 1 is 1.56 bits per heavy atom. The largest absolute Gasteiger partial charge is 0.476 e. The number of aromatic nitrogens is 2. The lowest BCUT2D eigenvalue weighted by molar-refractivity contribution is -0.00736. The zero-order valence-electron chi connectivity index (χ0n) is 8.98. The Bertz CT molecular complexity index is 494. The number of nitrogens with zero attached hydrogens (tertiary/aromatic N) is 1. The summed E-state index contributed by atoms with van der Waals surface area (Å²) in [6, 6.07) is 0. The molecule has 0 bridgehead atoms. The number of carbonyl (C=O) groups is 1. The van der Waals surface area contributed by atoms with Gasteiger partial charge in [0.25, 0.3) is 0 Å². The number of rotatable bonds is 1. The van der Waals surface area contributed by atoms with Gasteiger partial charge in [-0.05, 0) is 13.8 Å². The molecule has 0 aliphatic carbocycles. The summed E-state index contributed by atoms with van der Waals surface area (Å²) in [5, 5.41) is 8.98. The highest BCUT2D eigenvalue weighted by Crippen LogP contribution is 2.29. The van der Waals surface area contributed by atoms with Crippen LogP contribution in [0.5, 0.6) is 0 Å². The molecule has 0 saturated carbocycles. The quantitative estimate of drug-likeness (QED) is 0.724. The lowest BCUT2D eigenvalue weighted by atomic mass is 9.99. The molecule has 0 spiro atoms. The van der Waals surface area contributed by atoms with Crippen molar-refractivity contribution in [1.29, 1.82) is 0 Å². The summed E-state index contributed by atoms with van der Waals surface area (Å²) in [5.74, 6) is -1.20. The van der Waals surface area contributed by atoms with E-state index in [2.05, 4.69) is 9.97 Å². The molecule has 1 aromatic rings. The molecule has 0 fully saturated rings. The van der Waals surface area contributed by atoms with Crippen LogP contribution in [0.3, 0.4) is 0 Å². The fraction of sp³-hybridized carbons (Fsp3) is 0.500. The van der Waals surface area contributed by atoms with E-state index in [1.165, 1.54) is 0 Å². The number of nitrogens with one attached hydrogen (secondary N) is 1. The summed E-state index contributed by atoms with van der Waals surface area (Å²) in [5.41, 5.74) is 0.254. The van der Waals surface area contributed by atoms with Gasteiger partial charge in [-0.15, -0.1) is 0 Å². The summed E-state index contributed by atoms with van der Waals surface area (Å²) in [6.07, 6.45) is 0.0916. The van der Waals surface area contributed by atoms with Crippen LogP contribution in [0.15, 0.2) is 4.79 Å². The average Bonchev–Trinajstić information content (AvgIpc) is 2.14. The Hall–Kier alpha value is -1.69. The van der Waals surface area contributed by atoms with Gasteiger partial charge in [-0.25, -0.2) is 9.59 Å². The van der Waals surface area contributed by atoms with Crippen molar-refractivity contribution in [2.24, 2.45) is 0 Å². The van der Waals surface area contributed by atoms with Crippen LogP contribution in [0.2, 0.25) is 0 Å². The molecule has 0 aromatic carbocycles. The normalized spacial score (nSPS) is 23.9. The van der Waals surface area contributed by atoms with Crippen molar-refractivity contribution in [3.8, 4) is 0 Å². The Labute approximate surface area is 91.3 Å². The lowest BCUT2D eigenvalue weighted by Crippen LogP contribution is -2.30. The first-order valence-electron chi connectivity index (χ1n) is 5.01. The molecule has 1 aromatic heterocycles. The number of hydrogen-bond acceptors (Lipinski definition) is 4. The number of ether oxygens (including phenoxy) is 1. The predicted octanol–water partition coefficient (Wildman–Crippen LogP) is 0.490. The standard InChI is InChI=1S/C10H12N2O4/c1-4-3-6-7(5(2)16-4)8(9(13)14)12-10(15)11-6/h4-5H,3H2,1-2H3,(H,13,14)(H,11,12,15). The zero-order valence-corrected chi connectivity index (χ0v) is 8.98. The van der Waals surface area contributed by atoms with E-state index in [0.717, 1.165) is 0 Å². The van der Waals surface area contributed by atoms with E-state index >= 15 is 0 Å². The summed E-state index contributed by atoms with van der Waals surface area (Å²) in [6.45, 7) is 3.62. The van der Waals surface area contributed by atoms with Gasteiger partial charge in [0, 0.05) is 17.7 Å². The minimum atomic E-state index is -1.20. The molecule has 1 aliphatic heterocycles. The van der Waals surface area contributed by atoms with E-state index in [4.69, 9.17) is 9.84 Å². The van der Waals surface area contributed by atoms with Gasteiger partial charge < -0.3 is 14.8 Å². The van der Waals surface area contributed by atoms with E-state index < -0.39 is 11.7 Å². The monoisotopic (exact) mass is 224 g/mol. The van der Waals surface area contributed by atoms with Gasteiger partial charge in [0.1, 0.15) is 0 Å². The number of carboxylic acids is 1. The van der Waals surface area contributed by atoms with Crippen LogP contribution < -0.4 is 5.69 Å². The first-order valence-corrected chi connectivity index (χ1v) is 5.01. The zero-order chi connectivity index (χ0) is 11.9. The highest BCUT2D eigenvalue weighted by atomic mass is 16.5. The molecule has 16 heavy (non-hydrogen) atoms. The molecule has 2 heterocycles. The van der Waals surface area contributed by atoms with Crippen molar-refractivity contribution in [3.63, 3.8) is 0 Å². The van der Waals surface area contributed by atoms with E-state index in [9.17, 15) is 9.59 Å². The SMILES string of the molecule is CC1Cc2[nH]c(=O)nc(C(=O)O)c2C(C)O1. The molecular formula is C10H12N2O4. The van der Waals surface area contributed by atoms with E-state index in [-0.39, 0.29) is 17.9 Å². The molecule has 0 amide bonds. The highest BCUT2D eigenvalue weighted by Gasteiger charge is 2.29. The van der Waals surface area contributed by atoms with Crippen molar-refractivity contribution in [3.05, 3.63) is 27.4 Å². The molecule has 0 saturated heterocycles. The summed E-state index contributed by atoms with van der Waals surface area (Å²) in [4.78, 5) is 28.2. The van der Waals surface area contributed by atoms with Crippen LogP contribution >= 0.6 is 0 Å². The Morgan fingerprint density at radius 3 is 2.88 bits per heavy atom. The van der Waals surface area contributed by atoms with Crippen molar-refractivity contribution >= 4 is 5.97 Å². The lowest BCUT2D eigenvalue weighted by Gasteiger charge is -2.28. The van der Waals surface area contributed by atoms with Gasteiger partial charge in [0.2, 0.25) is 0 Å². The van der Waals surface area contributed by atoms with Gasteiger partial charge >= 0.3 is 11.7 Å². The third kappa shape index (κ3) is 1.71. The molecular weight excluding hydrogens is 212 g/mol. The minimum Gasteiger partial charge on any atom is -0.476 e. The Balaban J connectivity index is 2.66. The molecule has 2 N–H and O–H groups in total. The van der Waals surface area contributed by atoms with Gasteiger partial charge in [-0.2, -0.15) is 4.98 Å². The second-order valence-corrected chi connectivity index (χ2v) is 3.88. The average molecular weight is 224 g/mol. The molecule has 6 nitrogen and oxygen atoms in total. The van der Waals surface area contributed by atoms with Crippen LogP contribution in [0.1, 0.15) is 41.7 Å². The fourth-order valence-corrected chi connectivity index (χ4v) is 2.04. The van der Waals surface area contributed by atoms with Gasteiger partial charge in [-0.3, -0.25) is 0 Å². The molecule has 1 aliphatic rings. The number of H-pyrrole nitrogens is 1. The number of aromatic amines is 1. The second-order valence-electron chi connectivity index (χ2n) is 3.88. The fourth-order valence-electron chi connectivity index (χ4n) is 2.04. The van der Waals surface area contributed by atoms with Crippen molar-refractivity contribution in [1.82, 2.24) is 9.97 Å². The van der Waals surface area contributed by atoms with Crippen molar-refractivity contribution in [2.75, 3.05) is 0 Å². The van der Waals surface area contributed by atoms with Crippen LogP contribution in [0.25, 0.3) is 0 Å². The summed E-state index contributed by atoms with van der Waals surface area (Å²) < 4.78 is 5.52. The van der Waals surface area contributed by atoms with Crippen molar-refractivity contribution in [2.45, 2.75) is 32.5 Å². The maximum Gasteiger partial charge on any atom is 0.355 e. The van der Waals surface area contributed by atoms with E-state index in [0.29, 0.717) is 17.7 Å². The van der Waals surface area contributed by atoms with E-state index in [1.54, 1.807) is 6.92 Å². The Morgan fingerprint density at radius 2 is 2.25 bits per heavy atom. The number of carboxylic acid groups (broad SMARTS) is 1. The van der Waals surface area contributed by atoms with E-state index in [1.807, 2.05) is 6.92 Å². The third-order valence-electron chi connectivity index (χ3n) is 2.59. The van der Waals surface area contributed by atoms with Crippen LogP contribution in [-0.4, -0.2) is 27.1 Å². The first kappa shape index (κ1) is 10.8. The first-order chi connectivity index (χ1) is 7.49. The predicted molar refractivity (Wildman–Crippen MR) is 54.5 cm³/mol. The Kier molecular flexibility index (Phi) is 2.51. The summed E-state index contributed by atoms with van der Waals surface area (Å²) in [7, 11) is 0. The van der Waals surface area contributed by atoms with Crippen LogP contribution in [0, 0.1) is 0 Å². The smallest absolute Gasteiger partial charge is 0.355 e. The number of fused-ring (bicyclic) bond motifs is 1. The van der Waals surface area contributed by atoms with Gasteiger partial charge in [0.05, 0.1) is 12.2 Å². The van der Waals surface area contributed by atoms with Crippen molar-refractivity contribution < 1.29 is 14.6 Å². The molecule has 86 valence electrons. The third-order valence-corrected chi connectivity index (χ3v) is 2.59. The highest BCUT2D eigenvalue weighted by molar-refractivity contribution is 5.87. The van der Waals surface area contributed by atoms with Gasteiger partial charge in [0.15, 0.2) is 5.69 Å².